The maximum Gasteiger partial charge on any atom is 0.322 e. The molecule has 0 unspecified atom stereocenters. The number of benzene rings is 1. The lowest BCUT2D eigenvalue weighted by Crippen LogP contribution is -2.13. The molecule has 0 bridgehead atoms. The first-order valence-corrected chi connectivity index (χ1v) is 5.97. The highest BCUT2D eigenvalue weighted by Gasteiger charge is 2.05. The van der Waals surface area contributed by atoms with Crippen LogP contribution in [0.2, 0.25) is 0 Å². The zero-order valence-electron chi connectivity index (χ0n) is 9.64. The van der Waals surface area contributed by atoms with Gasteiger partial charge in [-0.1, -0.05) is 15.9 Å². The van der Waals surface area contributed by atoms with Gasteiger partial charge in [0, 0.05) is 10.7 Å². The lowest BCUT2D eigenvalue weighted by molar-refractivity contribution is 0.441. The third kappa shape index (κ3) is 2.84. The maximum atomic E-state index is 7.30. The van der Waals surface area contributed by atoms with Crippen LogP contribution in [0.4, 0.5) is 0 Å². The van der Waals surface area contributed by atoms with Crippen molar-refractivity contribution in [2.24, 2.45) is 5.73 Å². The standard InChI is InChI=1S/C12H11BrN4O/c1-7-6-8(2-3-9(7)13)18-12-16-5-4-10(17-12)11(14)15/h2-6H,1H3,(H3,14,15). The van der Waals surface area contributed by atoms with E-state index in [0.717, 1.165) is 10.0 Å². The number of nitrogens with two attached hydrogens (primary N) is 1. The molecule has 0 spiro atoms. The SMILES string of the molecule is Cc1cc(Oc2nccc(C(=N)N)n2)ccc1Br. The van der Waals surface area contributed by atoms with E-state index in [-0.39, 0.29) is 11.8 Å². The van der Waals surface area contributed by atoms with E-state index in [0.29, 0.717) is 11.4 Å². The molecule has 0 aliphatic rings. The molecule has 6 heteroatoms. The van der Waals surface area contributed by atoms with Gasteiger partial charge < -0.3 is 10.5 Å². The van der Waals surface area contributed by atoms with E-state index in [1.807, 2.05) is 19.1 Å². The molecule has 1 heterocycles. The summed E-state index contributed by atoms with van der Waals surface area (Å²) >= 11 is 3.41. The largest absolute Gasteiger partial charge is 0.424 e. The number of hydrogen-bond acceptors (Lipinski definition) is 4. The van der Waals surface area contributed by atoms with Crippen LogP contribution < -0.4 is 10.5 Å². The normalized spacial score (nSPS) is 10.1. The molecule has 0 aliphatic carbocycles. The van der Waals surface area contributed by atoms with Gasteiger partial charge in [-0.3, -0.25) is 5.41 Å². The van der Waals surface area contributed by atoms with Crippen LogP contribution in [0.5, 0.6) is 11.8 Å². The number of rotatable bonds is 3. The molecule has 2 rings (SSSR count). The zero-order chi connectivity index (χ0) is 13.1. The van der Waals surface area contributed by atoms with Crippen molar-refractivity contribution in [1.29, 1.82) is 5.41 Å². The van der Waals surface area contributed by atoms with E-state index in [1.54, 1.807) is 12.1 Å². The Balaban J connectivity index is 2.25. The molecule has 5 nitrogen and oxygen atoms in total. The Morgan fingerprint density at radius 2 is 2.17 bits per heavy atom. The summed E-state index contributed by atoms with van der Waals surface area (Å²) < 4.78 is 6.52. The van der Waals surface area contributed by atoms with Gasteiger partial charge in [0.1, 0.15) is 17.3 Å². The summed E-state index contributed by atoms with van der Waals surface area (Å²) in [6.07, 6.45) is 1.50. The number of halogens is 1. The topological polar surface area (TPSA) is 84.9 Å². The number of hydrogen-bond donors (Lipinski definition) is 2. The molecular weight excluding hydrogens is 296 g/mol. The predicted octanol–water partition coefficient (Wildman–Crippen LogP) is 2.62. The molecule has 1 aromatic heterocycles. The second-order valence-corrected chi connectivity index (χ2v) is 4.51. The second kappa shape index (κ2) is 5.14. The number of nitrogens with one attached hydrogen (secondary N) is 1. The van der Waals surface area contributed by atoms with E-state index in [2.05, 4.69) is 25.9 Å². The Labute approximate surface area is 113 Å². The minimum Gasteiger partial charge on any atom is -0.424 e. The smallest absolute Gasteiger partial charge is 0.322 e. The van der Waals surface area contributed by atoms with Crippen LogP contribution >= 0.6 is 15.9 Å². The summed E-state index contributed by atoms with van der Waals surface area (Å²) in [6.45, 7) is 1.96. The van der Waals surface area contributed by atoms with Crippen molar-refractivity contribution in [1.82, 2.24) is 9.97 Å². The summed E-state index contributed by atoms with van der Waals surface area (Å²) in [4.78, 5) is 8.00. The van der Waals surface area contributed by atoms with E-state index >= 15 is 0 Å². The molecular formula is C12H11BrN4O. The van der Waals surface area contributed by atoms with Crippen molar-refractivity contribution in [3.05, 3.63) is 46.2 Å². The molecule has 3 N–H and O–H groups in total. The van der Waals surface area contributed by atoms with E-state index in [4.69, 9.17) is 15.9 Å². The van der Waals surface area contributed by atoms with Gasteiger partial charge in [-0.15, -0.1) is 0 Å². The molecule has 0 atom stereocenters. The summed E-state index contributed by atoms with van der Waals surface area (Å²) in [5.74, 6) is 0.519. The fourth-order valence-electron chi connectivity index (χ4n) is 1.33. The van der Waals surface area contributed by atoms with Gasteiger partial charge >= 0.3 is 6.01 Å². The molecule has 2 aromatic rings. The number of nitrogens with zero attached hydrogens (tertiary/aromatic N) is 2. The second-order valence-electron chi connectivity index (χ2n) is 3.65. The van der Waals surface area contributed by atoms with Crippen LogP contribution in [-0.4, -0.2) is 15.8 Å². The van der Waals surface area contributed by atoms with Crippen molar-refractivity contribution in [3.63, 3.8) is 0 Å². The van der Waals surface area contributed by atoms with Crippen LogP contribution in [0.25, 0.3) is 0 Å². The molecule has 0 saturated heterocycles. The monoisotopic (exact) mass is 306 g/mol. The van der Waals surface area contributed by atoms with Crippen LogP contribution in [0.3, 0.4) is 0 Å². The summed E-state index contributed by atoms with van der Waals surface area (Å²) in [5.41, 5.74) is 6.74. The van der Waals surface area contributed by atoms with Crippen LogP contribution in [0.15, 0.2) is 34.9 Å². The quantitative estimate of drug-likeness (QED) is 0.674. The Kier molecular flexibility index (Phi) is 3.57. The third-order valence-corrected chi connectivity index (χ3v) is 3.14. The summed E-state index contributed by atoms with van der Waals surface area (Å²) in [5, 5.41) is 7.30. The lowest BCUT2D eigenvalue weighted by Gasteiger charge is -2.06. The van der Waals surface area contributed by atoms with Gasteiger partial charge in [-0.05, 0) is 36.8 Å². The Hall–Kier alpha value is -1.95. The van der Waals surface area contributed by atoms with Gasteiger partial charge in [0.05, 0.1) is 0 Å². The minimum absolute atomic E-state index is 0.116. The van der Waals surface area contributed by atoms with E-state index < -0.39 is 0 Å². The van der Waals surface area contributed by atoms with E-state index in [1.165, 1.54) is 6.20 Å². The Morgan fingerprint density at radius 1 is 1.39 bits per heavy atom. The third-order valence-electron chi connectivity index (χ3n) is 2.25. The molecule has 0 saturated carbocycles. The number of nitrogen functional groups attached to an aromatic ring is 1. The fraction of sp³-hybridized carbons (Fsp3) is 0.0833. The average Bonchev–Trinajstić information content (AvgIpc) is 2.34. The van der Waals surface area contributed by atoms with Gasteiger partial charge in [0.2, 0.25) is 0 Å². The number of aromatic nitrogens is 2. The maximum absolute atomic E-state index is 7.30. The first kappa shape index (κ1) is 12.5. The highest BCUT2D eigenvalue weighted by Crippen LogP contribution is 2.24. The van der Waals surface area contributed by atoms with E-state index in [9.17, 15) is 0 Å². The molecule has 18 heavy (non-hydrogen) atoms. The summed E-state index contributed by atoms with van der Waals surface area (Å²) in [6, 6.07) is 7.29. The lowest BCUT2D eigenvalue weighted by atomic mass is 10.2. The van der Waals surface area contributed by atoms with Gasteiger partial charge in [-0.2, -0.15) is 4.98 Å². The Bertz CT molecular complexity index is 600. The average molecular weight is 307 g/mol. The molecule has 0 radical (unpaired) electrons. The zero-order valence-corrected chi connectivity index (χ0v) is 11.2. The number of amidine groups is 1. The highest BCUT2D eigenvalue weighted by atomic mass is 79.9. The van der Waals surface area contributed by atoms with Crippen LogP contribution in [0, 0.1) is 12.3 Å². The van der Waals surface area contributed by atoms with Gasteiger partial charge in [0.25, 0.3) is 0 Å². The minimum atomic E-state index is -0.116. The number of ether oxygens (including phenoxy) is 1. The van der Waals surface area contributed by atoms with Crippen molar-refractivity contribution in [2.75, 3.05) is 0 Å². The fourth-order valence-corrected chi connectivity index (χ4v) is 1.57. The van der Waals surface area contributed by atoms with Crippen molar-refractivity contribution in [2.45, 2.75) is 6.92 Å². The van der Waals surface area contributed by atoms with Crippen LogP contribution in [-0.2, 0) is 0 Å². The molecule has 92 valence electrons. The number of aryl methyl sites for hydroxylation is 1. The Morgan fingerprint density at radius 3 is 2.83 bits per heavy atom. The molecule has 0 aliphatic heterocycles. The van der Waals surface area contributed by atoms with Crippen molar-refractivity contribution < 1.29 is 4.74 Å². The molecule has 0 fully saturated rings. The summed E-state index contributed by atoms with van der Waals surface area (Å²) in [7, 11) is 0. The van der Waals surface area contributed by atoms with Crippen molar-refractivity contribution in [3.8, 4) is 11.8 Å². The first-order chi connectivity index (χ1) is 8.56. The molecule has 0 amide bonds. The van der Waals surface area contributed by atoms with Gasteiger partial charge in [0.15, 0.2) is 0 Å². The first-order valence-electron chi connectivity index (χ1n) is 5.17. The molecule has 1 aromatic carbocycles. The van der Waals surface area contributed by atoms with Gasteiger partial charge in [-0.25, -0.2) is 4.98 Å². The highest BCUT2D eigenvalue weighted by molar-refractivity contribution is 9.10. The predicted molar refractivity (Wildman–Crippen MR) is 72.0 cm³/mol. The van der Waals surface area contributed by atoms with Crippen LogP contribution in [0.1, 0.15) is 11.3 Å². The van der Waals surface area contributed by atoms with Crippen molar-refractivity contribution >= 4 is 21.8 Å².